The van der Waals surface area contributed by atoms with Crippen LogP contribution in [0.4, 0.5) is 17.1 Å². The summed E-state index contributed by atoms with van der Waals surface area (Å²) in [6, 6.07) is 51.4. The number of anilines is 3. The lowest BCUT2D eigenvalue weighted by Gasteiger charge is -2.35. The molecule has 0 aliphatic heterocycles. The normalized spacial score (nSPS) is 16.7. The molecule has 1 aliphatic carbocycles. The predicted molar refractivity (Wildman–Crippen MR) is 226 cm³/mol. The van der Waals surface area contributed by atoms with Gasteiger partial charge in [0.25, 0.3) is 0 Å². The van der Waals surface area contributed by atoms with Gasteiger partial charge in [0.05, 0.1) is 15.0 Å². The van der Waals surface area contributed by atoms with Crippen LogP contribution in [0.5, 0.6) is 0 Å². The van der Waals surface area contributed by atoms with E-state index in [2.05, 4.69) is 102 Å². The quantitative estimate of drug-likeness (QED) is 0.173. The van der Waals surface area contributed by atoms with Crippen LogP contribution in [-0.2, 0) is 5.41 Å². The molecule has 0 spiro atoms. The van der Waals surface area contributed by atoms with E-state index in [9.17, 15) is 4.11 Å². The average Bonchev–Trinajstić information content (AvgIpc) is 3.80. The van der Waals surface area contributed by atoms with E-state index in [-0.39, 0.29) is 34.5 Å². The molecule has 10 aromatic rings. The average molecular weight is 699 g/mol. The first kappa shape index (κ1) is 23.9. The zero-order chi connectivity index (χ0) is 41.0. The molecular weight excluding hydrogens is 659 g/mol. The van der Waals surface area contributed by atoms with Gasteiger partial charge >= 0.3 is 0 Å². The van der Waals surface area contributed by atoms with Gasteiger partial charge in [-0.25, -0.2) is 0 Å². The molecule has 11 rings (SSSR count). The zero-order valence-corrected chi connectivity index (χ0v) is 29.2. The van der Waals surface area contributed by atoms with E-state index in [1.54, 1.807) is 11.3 Å². The lowest BCUT2D eigenvalue weighted by molar-refractivity contribution is 0.778. The number of nitrogens with zero attached hydrogens (tertiary/aromatic N) is 1. The van der Waals surface area contributed by atoms with Gasteiger partial charge in [0.1, 0.15) is 0 Å². The van der Waals surface area contributed by atoms with E-state index >= 15 is 0 Å². The van der Waals surface area contributed by atoms with E-state index < -0.39 is 29.6 Å². The number of hydrogen-bond donors (Lipinski definition) is 0. The molecule has 0 amide bonds. The molecule has 1 unspecified atom stereocenters. The topological polar surface area (TPSA) is 3.24 Å². The van der Waals surface area contributed by atoms with Crippen molar-refractivity contribution in [2.45, 2.75) is 5.41 Å². The molecule has 248 valence electrons. The summed E-state index contributed by atoms with van der Waals surface area (Å²) in [5, 5.41) is 4.50. The van der Waals surface area contributed by atoms with Gasteiger partial charge in [-0.05, 0) is 103 Å². The van der Waals surface area contributed by atoms with Gasteiger partial charge in [0.2, 0.25) is 0 Å². The third kappa shape index (κ3) is 4.49. The Bertz CT molecular complexity index is 3430. The third-order valence-electron chi connectivity index (χ3n) is 10.8. The van der Waals surface area contributed by atoms with Crippen molar-refractivity contribution in [1.82, 2.24) is 0 Å². The summed E-state index contributed by atoms with van der Waals surface area (Å²) in [4.78, 5) is 2.23. The molecular formula is C51H33NS. The number of rotatable bonds is 5. The second-order valence-electron chi connectivity index (χ2n) is 13.5. The van der Waals surface area contributed by atoms with E-state index in [4.69, 9.17) is 5.48 Å². The fourth-order valence-electron chi connectivity index (χ4n) is 8.53. The number of hydrogen-bond acceptors (Lipinski definition) is 2. The first-order chi connectivity index (χ1) is 29.2. The summed E-state index contributed by atoms with van der Waals surface area (Å²) < 4.78 is 66.3. The number of thiophene rings is 1. The van der Waals surface area contributed by atoms with Gasteiger partial charge in [-0.2, -0.15) is 0 Å². The minimum Gasteiger partial charge on any atom is -0.310 e. The van der Waals surface area contributed by atoms with E-state index in [1.165, 1.54) is 0 Å². The Morgan fingerprint density at radius 3 is 2.08 bits per heavy atom. The fraction of sp³-hybridized carbons (Fsp3) is 0.0196. The Hall–Kier alpha value is -6.48. The van der Waals surface area contributed by atoms with Crippen molar-refractivity contribution >= 4 is 70.1 Å². The summed E-state index contributed by atoms with van der Waals surface area (Å²) in [6.07, 6.45) is 0. The van der Waals surface area contributed by atoms with Crippen molar-refractivity contribution < 1.29 is 9.60 Å². The lowest BCUT2D eigenvalue weighted by Crippen LogP contribution is -2.29. The Kier molecular flexibility index (Phi) is 5.31. The molecule has 0 saturated heterocycles. The molecule has 1 atom stereocenters. The van der Waals surface area contributed by atoms with Crippen molar-refractivity contribution in [3.8, 4) is 11.1 Å². The largest absolute Gasteiger partial charge is 0.310 e. The van der Waals surface area contributed by atoms with E-state index in [0.29, 0.717) is 0 Å². The number of benzene rings is 9. The van der Waals surface area contributed by atoms with Crippen LogP contribution < -0.4 is 4.90 Å². The van der Waals surface area contributed by atoms with Crippen LogP contribution in [0.3, 0.4) is 0 Å². The van der Waals surface area contributed by atoms with Gasteiger partial charge in [0.15, 0.2) is 0 Å². The highest BCUT2D eigenvalue weighted by Gasteiger charge is 2.47. The standard InChI is InChI=1S/C51H33NS/c1-2-17-38(18-3-1)52(39-27-25-34-13-4-5-15-36(34)31-39)40-28-30-48-45(33-40)42-20-8-10-22-47(42)51(48,46-23-12-16-35-14-6-7-19-41(35)46)37-26-29-44-43-21-9-11-24-49(43)53-50(44)32-37/h1-33H/i6D,7D,12D,14D,16D,19D,23D. The maximum atomic E-state index is 9.82. The van der Waals surface area contributed by atoms with Crippen LogP contribution in [0.25, 0.3) is 52.8 Å². The molecule has 1 heterocycles. The highest BCUT2D eigenvalue weighted by atomic mass is 32.1. The first-order valence-electron chi connectivity index (χ1n) is 21.2. The highest BCUT2D eigenvalue weighted by Crippen LogP contribution is 2.59. The van der Waals surface area contributed by atoms with E-state index in [0.717, 1.165) is 75.8 Å². The Morgan fingerprint density at radius 1 is 0.415 bits per heavy atom. The molecule has 2 heteroatoms. The Labute approximate surface area is 322 Å². The SMILES string of the molecule is [2H]c1c([2H])c([2H])c2c(C3(c4ccc5c(c4)sc4ccccc45)c4ccccc4-c4cc(N(c5ccccc5)c5ccc6ccccc6c5)ccc43)c([2H])c([2H])c([2H])c2c1[2H]. The van der Waals surface area contributed by atoms with Crippen molar-refractivity contribution in [1.29, 1.82) is 0 Å². The van der Waals surface area contributed by atoms with Crippen LogP contribution in [0, 0.1) is 0 Å². The van der Waals surface area contributed by atoms with Gasteiger partial charge < -0.3 is 4.90 Å². The first-order valence-corrected chi connectivity index (χ1v) is 18.5. The minimum absolute atomic E-state index is 0.0616. The van der Waals surface area contributed by atoms with Crippen LogP contribution in [-0.4, -0.2) is 0 Å². The summed E-state index contributed by atoms with van der Waals surface area (Å²) in [5.41, 5.74) is 6.05. The minimum atomic E-state index is -1.33. The second kappa shape index (κ2) is 11.8. The maximum absolute atomic E-state index is 9.82. The highest BCUT2D eigenvalue weighted by molar-refractivity contribution is 7.25. The number of fused-ring (bicyclic) bond motifs is 8. The monoisotopic (exact) mass is 698 g/mol. The third-order valence-corrected chi connectivity index (χ3v) is 11.9. The lowest BCUT2D eigenvalue weighted by atomic mass is 9.66. The molecule has 1 aliphatic rings. The van der Waals surface area contributed by atoms with Crippen molar-refractivity contribution in [2.75, 3.05) is 4.90 Å². The van der Waals surface area contributed by atoms with Crippen LogP contribution >= 0.6 is 11.3 Å². The Morgan fingerprint density at radius 2 is 1.13 bits per heavy atom. The molecule has 0 radical (unpaired) electrons. The molecule has 1 nitrogen and oxygen atoms in total. The maximum Gasteiger partial charge on any atom is 0.0720 e. The summed E-state index contributed by atoms with van der Waals surface area (Å²) in [6.45, 7) is 0. The van der Waals surface area contributed by atoms with Crippen LogP contribution in [0.2, 0.25) is 0 Å². The molecule has 9 aromatic carbocycles. The Balaban J connectivity index is 1.28. The van der Waals surface area contributed by atoms with Gasteiger partial charge in [-0.15, -0.1) is 11.3 Å². The van der Waals surface area contributed by atoms with Gasteiger partial charge in [-0.3, -0.25) is 0 Å². The van der Waals surface area contributed by atoms with Crippen LogP contribution in [0.1, 0.15) is 31.8 Å². The molecule has 0 bridgehead atoms. The summed E-state index contributed by atoms with van der Waals surface area (Å²) >= 11 is 1.67. The van der Waals surface area contributed by atoms with Gasteiger partial charge in [-0.1, -0.05) is 151 Å². The number of para-hydroxylation sites is 1. The molecule has 1 aromatic heterocycles. The smallest absolute Gasteiger partial charge is 0.0720 e. The molecule has 53 heavy (non-hydrogen) atoms. The zero-order valence-electron chi connectivity index (χ0n) is 35.4. The van der Waals surface area contributed by atoms with E-state index in [1.807, 2.05) is 60.7 Å². The van der Waals surface area contributed by atoms with Crippen LogP contribution in [0.15, 0.2) is 200 Å². The summed E-state index contributed by atoms with van der Waals surface area (Å²) in [7, 11) is 0. The molecule has 0 fully saturated rings. The fourth-order valence-corrected chi connectivity index (χ4v) is 9.67. The summed E-state index contributed by atoms with van der Waals surface area (Å²) in [5.74, 6) is 0. The van der Waals surface area contributed by atoms with Gasteiger partial charge in [0, 0.05) is 37.2 Å². The second-order valence-corrected chi connectivity index (χ2v) is 14.6. The predicted octanol–water partition coefficient (Wildman–Crippen LogP) is 14.2. The molecule has 0 N–H and O–H groups in total. The van der Waals surface area contributed by atoms with Crippen molar-refractivity contribution in [3.63, 3.8) is 0 Å². The van der Waals surface area contributed by atoms with Crippen molar-refractivity contribution in [2.24, 2.45) is 0 Å². The molecule has 0 saturated carbocycles. The van der Waals surface area contributed by atoms with Crippen molar-refractivity contribution in [3.05, 3.63) is 222 Å².